The molecule has 0 fully saturated rings. The fourth-order valence-electron chi connectivity index (χ4n) is 2.61. The molecule has 8 nitrogen and oxygen atoms in total. The molecule has 0 aliphatic carbocycles. The number of nitrogens with two attached hydrogens (primary N) is 1. The second-order valence-corrected chi connectivity index (χ2v) is 8.27. The van der Waals surface area contributed by atoms with Crippen LogP contribution in [0.3, 0.4) is 0 Å². The summed E-state index contributed by atoms with van der Waals surface area (Å²) in [6.45, 7) is 0. The van der Waals surface area contributed by atoms with E-state index in [0.29, 0.717) is 11.1 Å². The zero-order valence-electron chi connectivity index (χ0n) is 13.1. The molecule has 0 unspecified atom stereocenters. The number of nitrogen functional groups attached to an aromatic ring is 1. The molecular weight excluding hydrogens is 380 g/mol. The summed E-state index contributed by atoms with van der Waals surface area (Å²) in [5, 5.41) is 3.54. The van der Waals surface area contributed by atoms with E-state index in [4.69, 9.17) is 5.73 Å². The van der Waals surface area contributed by atoms with Crippen molar-refractivity contribution in [3.05, 3.63) is 54.6 Å². The van der Waals surface area contributed by atoms with Gasteiger partial charge in [-0.1, -0.05) is 24.3 Å². The molecule has 3 rings (SSSR count). The van der Waals surface area contributed by atoms with Crippen molar-refractivity contribution in [2.24, 2.45) is 0 Å². The van der Waals surface area contributed by atoms with Crippen LogP contribution in [0.1, 0.15) is 0 Å². The number of hydrogen-bond donors (Lipinski definition) is 4. The molecule has 0 atom stereocenters. The van der Waals surface area contributed by atoms with Crippen LogP contribution in [0.2, 0.25) is 0 Å². The van der Waals surface area contributed by atoms with Gasteiger partial charge in [0.15, 0.2) is 0 Å². The second-order valence-electron chi connectivity index (χ2n) is 5.49. The topological polar surface area (TPSA) is 147 Å². The number of fused-ring (bicyclic) bond motifs is 1. The predicted octanol–water partition coefficient (Wildman–Crippen LogP) is 2.66. The Bertz CT molecular complexity index is 1220. The van der Waals surface area contributed by atoms with Crippen LogP contribution in [-0.4, -0.2) is 25.9 Å². The summed E-state index contributed by atoms with van der Waals surface area (Å²) in [5.41, 5.74) is 6.16. The molecule has 136 valence electrons. The third-order valence-electron chi connectivity index (χ3n) is 3.71. The van der Waals surface area contributed by atoms with Crippen molar-refractivity contribution in [3.8, 4) is 0 Å². The van der Waals surface area contributed by atoms with Crippen LogP contribution in [0.5, 0.6) is 0 Å². The van der Waals surface area contributed by atoms with Crippen molar-refractivity contribution in [1.82, 2.24) is 0 Å². The molecule has 0 saturated heterocycles. The van der Waals surface area contributed by atoms with Crippen molar-refractivity contribution < 1.29 is 25.9 Å². The van der Waals surface area contributed by atoms with E-state index < -0.39 is 25.1 Å². The molecule has 0 bridgehead atoms. The van der Waals surface area contributed by atoms with Gasteiger partial charge in [-0.3, -0.25) is 9.11 Å². The van der Waals surface area contributed by atoms with E-state index in [-0.39, 0.29) is 21.7 Å². The van der Waals surface area contributed by atoms with Gasteiger partial charge in [-0.2, -0.15) is 16.8 Å². The monoisotopic (exact) mass is 394 g/mol. The minimum atomic E-state index is -4.54. The summed E-state index contributed by atoms with van der Waals surface area (Å²) >= 11 is 0. The van der Waals surface area contributed by atoms with Gasteiger partial charge in [-0.15, -0.1) is 0 Å². The van der Waals surface area contributed by atoms with Gasteiger partial charge in [0, 0.05) is 22.1 Å². The number of anilines is 3. The molecule has 26 heavy (non-hydrogen) atoms. The summed E-state index contributed by atoms with van der Waals surface area (Å²) in [7, 11) is -8.98. The molecule has 0 aromatic heterocycles. The molecule has 10 heteroatoms. The molecule has 0 aliphatic rings. The maximum Gasteiger partial charge on any atom is 0.296 e. The van der Waals surface area contributed by atoms with E-state index in [1.54, 1.807) is 18.2 Å². The first kappa shape index (κ1) is 18.1. The Morgan fingerprint density at radius 2 is 1.31 bits per heavy atom. The van der Waals surface area contributed by atoms with Gasteiger partial charge in [0.05, 0.1) is 5.69 Å². The lowest BCUT2D eigenvalue weighted by Gasteiger charge is -2.14. The van der Waals surface area contributed by atoms with Gasteiger partial charge in [-0.05, 0) is 30.3 Å². The molecule has 5 N–H and O–H groups in total. The Hall–Kier alpha value is -2.66. The Balaban J connectivity index is 2.21. The van der Waals surface area contributed by atoms with Crippen molar-refractivity contribution >= 4 is 48.1 Å². The van der Waals surface area contributed by atoms with Crippen molar-refractivity contribution in [2.75, 3.05) is 11.1 Å². The quantitative estimate of drug-likeness (QED) is 0.390. The van der Waals surface area contributed by atoms with E-state index in [0.717, 1.165) is 6.07 Å². The molecule has 0 aliphatic heterocycles. The average Bonchev–Trinajstić information content (AvgIpc) is 2.54. The van der Waals surface area contributed by atoms with Gasteiger partial charge in [0.1, 0.15) is 9.79 Å². The summed E-state index contributed by atoms with van der Waals surface area (Å²) in [6, 6.07) is 12.9. The minimum Gasteiger partial charge on any atom is -0.399 e. The lowest BCUT2D eigenvalue weighted by molar-refractivity contribution is 0.481. The van der Waals surface area contributed by atoms with Crippen molar-refractivity contribution in [2.45, 2.75) is 9.79 Å². The molecule has 3 aromatic carbocycles. The lowest BCUT2D eigenvalue weighted by Crippen LogP contribution is -2.05. The summed E-state index contributed by atoms with van der Waals surface area (Å²) in [4.78, 5) is -0.689. The van der Waals surface area contributed by atoms with Crippen LogP contribution in [0.4, 0.5) is 17.1 Å². The van der Waals surface area contributed by atoms with Crippen LogP contribution in [0, 0.1) is 0 Å². The predicted molar refractivity (Wildman–Crippen MR) is 97.7 cm³/mol. The zero-order valence-corrected chi connectivity index (χ0v) is 14.8. The molecule has 0 heterocycles. The number of nitrogens with one attached hydrogen (secondary N) is 1. The minimum absolute atomic E-state index is 0.0615. The molecule has 0 amide bonds. The van der Waals surface area contributed by atoms with Gasteiger partial charge < -0.3 is 11.1 Å². The fourth-order valence-corrected chi connectivity index (χ4v) is 3.98. The Morgan fingerprint density at radius 1 is 0.731 bits per heavy atom. The number of rotatable bonds is 4. The maximum atomic E-state index is 11.6. The first-order valence-electron chi connectivity index (χ1n) is 7.20. The van der Waals surface area contributed by atoms with E-state index >= 15 is 0 Å². The lowest BCUT2D eigenvalue weighted by atomic mass is 10.1. The van der Waals surface area contributed by atoms with Crippen LogP contribution in [-0.2, 0) is 20.2 Å². The van der Waals surface area contributed by atoms with Crippen molar-refractivity contribution in [1.29, 1.82) is 0 Å². The van der Waals surface area contributed by atoms with E-state index in [1.165, 1.54) is 30.3 Å². The smallest absolute Gasteiger partial charge is 0.296 e. The fraction of sp³-hybridized carbons (Fsp3) is 0. The number of benzene rings is 3. The van der Waals surface area contributed by atoms with E-state index in [2.05, 4.69) is 5.32 Å². The molecule has 0 spiro atoms. The van der Waals surface area contributed by atoms with E-state index in [1.807, 2.05) is 0 Å². The first-order chi connectivity index (χ1) is 12.1. The summed E-state index contributed by atoms with van der Waals surface area (Å²) in [6.07, 6.45) is 0. The van der Waals surface area contributed by atoms with Gasteiger partial charge in [0.2, 0.25) is 0 Å². The van der Waals surface area contributed by atoms with Gasteiger partial charge >= 0.3 is 0 Å². The maximum absolute atomic E-state index is 11.6. The van der Waals surface area contributed by atoms with Crippen molar-refractivity contribution in [3.63, 3.8) is 0 Å². The third-order valence-corrected chi connectivity index (χ3v) is 5.52. The highest BCUT2D eigenvalue weighted by molar-refractivity contribution is 7.86. The van der Waals surface area contributed by atoms with Crippen LogP contribution in [0.15, 0.2) is 64.4 Å². The summed E-state index contributed by atoms with van der Waals surface area (Å²) < 4.78 is 65.1. The molecule has 3 aromatic rings. The SMILES string of the molecule is Nc1ccc(Nc2ccc(S(=O)(=O)O)c3ccccc23)c(S(=O)(=O)O)c1. The Morgan fingerprint density at radius 3 is 1.92 bits per heavy atom. The largest absolute Gasteiger partial charge is 0.399 e. The molecule has 0 radical (unpaired) electrons. The average molecular weight is 394 g/mol. The zero-order chi connectivity index (χ0) is 19.1. The first-order valence-corrected chi connectivity index (χ1v) is 10.1. The number of hydrogen-bond acceptors (Lipinski definition) is 6. The third kappa shape index (κ3) is 3.48. The Labute approximate surface area is 149 Å². The highest BCUT2D eigenvalue weighted by atomic mass is 32.2. The highest BCUT2D eigenvalue weighted by Gasteiger charge is 2.19. The van der Waals surface area contributed by atoms with E-state index in [9.17, 15) is 25.9 Å². The van der Waals surface area contributed by atoms with Crippen LogP contribution in [0.25, 0.3) is 10.8 Å². The normalized spacial score (nSPS) is 12.2. The highest BCUT2D eigenvalue weighted by Crippen LogP contribution is 2.33. The Kier molecular flexibility index (Phi) is 4.36. The van der Waals surface area contributed by atoms with Gasteiger partial charge in [0.25, 0.3) is 20.2 Å². The van der Waals surface area contributed by atoms with Crippen LogP contribution >= 0.6 is 0 Å². The molecule has 0 saturated carbocycles. The standard InChI is InChI=1S/C16H14N2O6S2/c17-10-5-6-14(16(9-10)26(22,23)24)18-13-7-8-15(25(19,20)21)12-4-2-1-3-11(12)13/h1-9,18H,17H2,(H,19,20,21)(H,22,23,24). The van der Waals surface area contributed by atoms with Gasteiger partial charge in [-0.25, -0.2) is 0 Å². The summed E-state index contributed by atoms with van der Waals surface area (Å²) in [5.74, 6) is 0. The van der Waals surface area contributed by atoms with Crippen LogP contribution < -0.4 is 11.1 Å². The molecular formula is C16H14N2O6S2. The second kappa shape index (κ2) is 6.25.